The molecule has 0 unspecified atom stereocenters. The molecule has 8 heteroatoms. The molecule has 0 bridgehead atoms. The number of rotatable bonds is 6. The van der Waals surface area contributed by atoms with E-state index in [4.69, 9.17) is 4.74 Å². The van der Waals surface area contributed by atoms with Crippen molar-refractivity contribution in [1.82, 2.24) is 5.32 Å². The third-order valence-corrected chi connectivity index (χ3v) is 5.90. The molecule has 1 aliphatic rings. The molecule has 0 saturated carbocycles. The Kier molecular flexibility index (Phi) is 6.51. The predicted octanol–water partition coefficient (Wildman–Crippen LogP) is 4.66. The summed E-state index contributed by atoms with van der Waals surface area (Å²) in [5.41, 5.74) is 0.279. The Balaban J connectivity index is 1.63. The van der Waals surface area contributed by atoms with Crippen LogP contribution in [0.15, 0.2) is 59.5 Å². The van der Waals surface area contributed by atoms with Crippen molar-refractivity contribution in [2.24, 2.45) is 0 Å². The molecule has 28 heavy (non-hydrogen) atoms. The van der Waals surface area contributed by atoms with Gasteiger partial charge in [0.25, 0.3) is 5.91 Å². The second-order valence-electron chi connectivity index (χ2n) is 6.47. The Labute approximate surface area is 165 Å². The first-order valence-electron chi connectivity index (χ1n) is 8.81. The van der Waals surface area contributed by atoms with Gasteiger partial charge in [0.1, 0.15) is 5.75 Å². The highest BCUT2D eigenvalue weighted by Crippen LogP contribution is 2.40. The van der Waals surface area contributed by atoms with Gasteiger partial charge in [0, 0.05) is 35.0 Å². The summed E-state index contributed by atoms with van der Waals surface area (Å²) in [6.45, 7) is 1.69. The largest absolute Gasteiger partial charge is 0.573 e. The van der Waals surface area contributed by atoms with Crippen LogP contribution in [0.1, 0.15) is 23.2 Å². The molecular weight excluding hydrogens is 391 g/mol. The number of nitrogens with one attached hydrogen (secondary N) is 1. The van der Waals surface area contributed by atoms with Gasteiger partial charge >= 0.3 is 6.36 Å². The van der Waals surface area contributed by atoms with Gasteiger partial charge in [0.05, 0.1) is 0 Å². The zero-order chi connectivity index (χ0) is 20.0. The van der Waals surface area contributed by atoms with Gasteiger partial charge < -0.3 is 14.8 Å². The predicted molar refractivity (Wildman–Crippen MR) is 101 cm³/mol. The minimum Gasteiger partial charge on any atom is -0.406 e. The van der Waals surface area contributed by atoms with E-state index in [-0.39, 0.29) is 22.0 Å². The monoisotopic (exact) mass is 411 g/mol. The van der Waals surface area contributed by atoms with E-state index in [1.165, 1.54) is 12.1 Å². The zero-order valence-corrected chi connectivity index (χ0v) is 15.8. The van der Waals surface area contributed by atoms with Gasteiger partial charge in [-0.3, -0.25) is 4.79 Å². The normalized spacial score (nSPS) is 16.4. The molecular formula is C20H20F3NO3S. The fraction of sp³-hybridized carbons (Fsp3) is 0.350. The topological polar surface area (TPSA) is 47.6 Å². The molecule has 4 nitrogen and oxygen atoms in total. The minimum atomic E-state index is -4.76. The van der Waals surface area contributed by atoms with Crippen LogP contribution in [0.2, 0.25) is 0 Å². The van der Waals surface area contributed by atoms with Gasteiger partial charge in [-0.05, 0) is 49.2 Å². The van der Waals surface area contributed by atoms with Gasteiger partial charge in [-0.1, -0.05) is 18.2 Å². The number of hydrogen-bond donors (Lipinski definition) is 1. The minimum absolute atomic E-state index is 0.186. The van der Waals surface area contributed by atoms with Crippen LogP contribution < -0.4 is 10.1 Å². The molecule has 2 aromatic rings. The smallest absolute Gasteiger partial charge is 0.406 e. The number of carbonyl (C=O) groups excluding carboxylic acids is 1. The van der Waals surface area contributed by atoms with Crippen molar-refractivity contribution in [1.29, 1.82) is 0 Å². The van der Waals surface area contributed by atoms with Crippen LogP contribution in [0.25, 0.3) is 0 Å². The maximum atomic E-state index is 12.5. The molecule has 2 aromatic carbocycles. The Bertz CT molecular complexity index is 776. The molecule has 0 aromatic heterocycles. The van der Waals surface area contributed by atoms with E-state index < -0.39 is 6.36 Å². The summed E-state index contributed by atoms with van der Waals surface area (Å²) < 4.78 is 45.8. The highest BCUT2D eigenvalue weighted by Gasteiger charge is 2.34. The molecule has 0 spiro atoms. The standard InChI is InChI=1S/C20H20F3NO3S/c21-20(22,23)27-16-8-6-15(7-9-16)18(25)24-14-19(10-12-26-13-11-19)28-17-4-2-1-3-5-17/h1-9H,10-14H2,(H,24,25). The lowest BCUT2D eigenvalue weighted by molar-refractivity contribution is -0.274. The van der Waals surface area contributed by atoms with Crippen LogP contribution in [0, 0.1) is 0 Å². The van der Waals surface area contributed by atoms with E-state index in [9.17, 15) is 18.0 Å². The molecule has 1 heterocycles. The number of carbonyl (C=O) groups is 1. The SMILES string of the molecule is O=C(NCC1(Sc2ccccc2)CCOCC1)c1ccc(OC(F)(F)F)cc1. The van der Waals surface area contributed by atoms with Gasteiger partial charge in [0.15, 0.2) is 0 Å². The average Bonchev–Trinajstić information content (AvgIpc) is 2.67. The Morgan fingerprint density at radius 3 is 2.32 bits per heavy atom. The average molecular weight is 411 g/mol. The highest BCUT2D eigenvalue weighted by molar-refractivity contribution is 8.00. The van der Waals surface area contributed by atoms with Crippen molar-refractivity contribution in [2.45, 2.75) is 28.8 Å². The van der Waals surface area contributed by atoms with Crippen molar-refractivity contribution >= 4 is 17.7 Å². The Morgan fingerprint density at radius 1 is 1.07 bits per heavy atom. The summed E-state index contributed by atoms with van der Waals surface area (Å²) in [7, 11) is 0. The van der Waals surface area contributed by atoms with Gasteiger partial charge in [-0.15, -0.1) is 24.9 Å². The molecule has 1 amide bonds. The van der Waals surface area contributed by atoms with Crippen LogP contribution in [-0.2, 0) is 4.74 Å². The number of hydrogen-bond acceptors (Lipinski definition) is 4. The second kappa shape index (κ2) is 8.87. The summed E-state index contributed by atoms with van der Waals surface area (Å²) in [5.74, 6) is -0.692. The molecule has 1 saturated heterocycles. The van der Waals surface area contributed by atoms with Crippen molar-refractivity contribution < 1.29 is 27.4 Å². The molecule has 1 fully saturated rings. The molecule has 0 aliphatic carbocycles. The molecule has 150 valence electrons. The van der Waals surface area contributed by atoms with Crippen LogP contribution in [0.5, 0.6) is 5.75 Å². The highest BCUT2D eigenvalue weighted by atomic mass is 32.2. The van der Waals surface area contributed by atoms with Crippen molar-refractivity contribution in [2.75, 3.05) is 19.8 Å². The number of amides is 1. The maximum Gasteiger partial charge on any atom is 0.573 e. The first-order chi connectivity index (χ1) is 13.4. The summed E-state index contributed by atoms with van der Waals surface area (Å²) in [6.07, 6.45) is -3.16. The fourth-order valence-corrected chi connectivity index (χ4v) is 4.26. The van der Waals surface area contributed by atoms with Gasteiger partial charge in [-0.25, -0.2) is 0 Å². The van der Waals surface area contributed by atoms with Crippen LogP contribution in [0.4, 0.5) is 13.2 Å². The first kappa shape index (κ1) is 20.5. The Hall–Kier alpha value is -2.19. The Morgan fingerprint density at radius 2 is 1.71 bits per heavy atom. The quantitative estimate of drug-likeness (QED) is 0.751. The van der Waals surface area contributed by atoms with Crippen molar-refractivity contribution in [3.63, 3.8) is 0 Å². The summed E-state index contributed by atoms with van der Waals surface area (Å²) in [4.78, 5) is 13.6. The van der Waals surface area contributed by atoms with Crippen molar-refractivity contribution in [3.05, 3.63) is 60.2 Å². The van der Waals surface area contributed by atoms with Crippen LogP contribution in [-0.4, -0.2) is 36.8 Å². The number of alkyl halides is 3. The van der Waals surface area contributed by atoms with Crippen LogP contribution >= 0.6 is 11.8 Å². The molecule has 0 atom stereocenters. The summed E-state index contributed by atoms with van der Waals surface area (Å²) in [5, 5.41) is 2.92. The van der Waals surface area contributed by atoms with Crippen molar-refractivity contribution in [3.8, 4) is 5.75 Å². The van der Waals surface area contributed by atoms with Gasteiger partial charge in [-0.2, -0.15) is 0 Å². The molecule has 0 radical (unpaired) electrons. The second-order valence-corrected chi connectivity index (χ2v) is 8.01. The van der Waals surface area contributed by atoms with Gasteiger partial charge in [0.2, 0.25) is 0 Å². The van der Waals surface area contributed by atoms with Crippen LogP contribution in [0.3, 0.4) is 0 Å². The molecule has 1 N–H and O–H groups in total. The number of ether oxygens (including phenoxy) is 2. The van der Waals surface area contributed by atoms with E-state index in [2.05, 4.69) is 10.1 Å². The van der Waals surface area contributed by atoms with E-state index in [0.29, 0.717) is 19.8 Å². The third-order valence-electron chi connectivity index (χ3n) is 4.40. The number of thioether (sulfide) groups is 1. The first-order valence-corrected chi connectivity index (χ1v) is 9.63. The van der Waals surface area contributed by atoms with E-state index in [0.717, 1.165) is 29.9 Å². The maximum absolute atomic E-state index is 12.5. The lowest BCUT2D eigenvalue weighted by Crippen LogP contribution is -2.44. The number of benzene rings is 2. The number of halogens is 3. The summed E-state index contributed by atoms with van der Waals surface area (Å²) in [6, 6.07) is 14.9. The molecule has 3 rings (SSSR count). The molecule has 1 aliphatic heterocycles. The van der Waals surface area contributed by atoms with E-state index >= 15 is 0 Å². The van der Waals surface area contributed by atoms with E-state index in [1.807, 2.05) is 30.3 Å². The van der Waals surface area contributed by atoms with E-state index in [1.54, 1.807) is 11.8 Å². The fourth-order valence-electron chi connectivity index (χ4n) is 2.95. The lowest BCUT2D eigenvalue weighted by atomic mass is 9.99. The lowest BCUT2D eigenvalue weighted by Gasteiger charge is -2.36. The summed E-state index contributed by atoms with van der Waals surface area (Å²) >= 11 is 1.72. The zero-order valence-electron chi connectivity index (χ0n) is 15.0. The third kappa shape index (κ3) is 5.90.